The van der Waals surface area contributed by atoms with Crippen molar-refractivity contribution in [2.75, 3.05) is 5.32 Å². The highest BCUT2D eigenvalue weighted by Gasteiger charge is 2.22. The molecule has 1 atom stereocenters. The van der Waals surface area contributed by atoms with E-state index in [2.05, 4.69) is 10.6 Å². The molecule has 0 aliphatic rings. The Labute approximate surface area is 122 Å². The molecular formula is C14H19N3O4. The summed E-state index contributed by atoms with van der Waals surface area (Å²) < 4.78 is 0. The molecule has 0 bridgehead atoms. The average Bonchev–Trinajstić information content (AvgIpc) is 2.37. The summed E-state index contributed by atoms with van der Waals surface area (Å²) in [7, 11) is 0. The van der Waals surface area contributed by atoms with Crippen molar-refractivity contribution in [2.45, 2.75) is 26.8 Å². The lowest BCUT2D eigenvalue weighted by molar-refractivity contribution is -0.120. The molecule has 1 rings (SSSR count). The summed E-state index contributed by atoms with van der Waals surface area (Å²) in [6.45, 7) is 5.16. The van der Waals surface area contributed by atoms with E-state index < -0.39 is 23.9 Å². The zero-order valence-corrected chi connectivity index (χ0v) is 12.1. The molecule has 0 radical (unpaired) electrons. The molecular weight excluding hydrogens is 274 g/mol. The van der Waals surface area contributed by atoms with Crippen LogP contribution in [0.3, 0.4) is 0 Å². The van der Waals surface area contributed by atoms with Crippen molar-refractivity contribution < 1.29 is 19.5 Å². The van der Waals surface area contributed by atoms with Crippen molar-refractivity contribution in [2.24, 2.45) is 11.7 Å². The molecule has 5 N–H and O–H groups in total. The number of benzene rings is 1. The summed E-state index contributed by atoms with van der Waals surface area (Å²) in [5, 5.41) is 14.0. The number of carbonyl (C=O) groups excluding carboxylic acids is 2. The number of carboxylic acid groups (broad SMARTS) is 1. The molecule has 0 saturated carbocycles. The maximum absolute atomic E-state index is 11.9. The molecule has 0 heterocycles. The molecule has 7 nitrogen and oxygen atoms in total. The number of carbonyl (C=O) groups is 3. The van der Waals surface area contributed by atoms with Crippen LogP contribution < -0.4 is 16.4 Å². The zero-order chi connectivity index (χ0) is 16.2. The number of urea groups is 1. The van der Waals surface area contributed by atoms with Crippen molar-refractivity contribution in [3.05, 3.63) is 29.3 Å². The molecule has 0 aliphatic heterocycles. The van der Waals surface area contributed by atoms with Crippen LogP contribution in [0.5, 0.6) is 0 Å². The van der Waals surface area contributed by atoms with Crippen molar-refractivity contribution in [1.29, 1.82) is 0 Å². The number of amides is 3. The molecule has 0 saturated heterocycles. The quantitative estimate of drug-likeness (QED) is 0.654. The number of anilines is 1. The third kappa shape index (κ3) is 4.20. The minimum atomic E-state index is -1.15. The number of primary amides is 1. The fourth-order valence-corrected chi connectivity index (χ4v) is 1.87. The van der Waals surface area contributed by atoms with Crippen molar-refractivity contribution in [3.8, 4) is 0 Å². The Bertz CT molecular complexity index is 569. The van der Waals surface area contributed by atoms with Gasteiger partial charge in [0.2, 0.25) is 5.91 Å². The van der Waals surface area contributed by atoms with Gasteiger partial charge in [-0.15, -0.1) is 0 Å². The van der Waals surface area contributed by atoms with Crippen LogP contribution in [0.4, 0.5) is 10.5 Å². The van der Waals surface area contributed by atoms with Gasteiger partial charge in [-0.25, -0.2) is 9.59 Å². The average molecular weight is 293 g/mol. The first-order valence-corrected chi connectivity index (χ1v) is 6.43. The Kier molecular flexibility index (Phi) is 5.29. The predicted octanol–water partition coefficient (Wildman–Crippen LogP) is 1.32. The molecule has 1 unspecified atom stereocenters. The highest BCUT2D eigenvalue weighted by atomic mass is 16.4. The number of aryl methyl sites for hydroxylation is 1. The van der Waals surface area contributed by atoms with E-state index >= 15 is 0 Å². The number of nitrogens with two attached hydrogens (primary N) is 1. The third-order valence-corrected chi connectivity index (χ3v) is 3.00. The first-order valence-electron chi connectivity index (χ1n) is 6.43. The van der Waals surface area contributed by atoms with E-state index in [1.807, 2.05) is 0 Å². The summed E-state index contributed by atoms with van der Waals surface area (Å²) in [5.41, 5.74) is 5.98. The van der Waals surface area contributed by atoms with E-state index in [4.69, 9.17) is 10.8 Å². The summed E-state index contributed by atoms with van der Waals surface area (Å²) in [6.07, 6.45) is 0. The Hall–Kier alpha value is -2.57. The first-order chi connectivity index (χ1) is 9.73. The minimum absolute atomic E-state index is 0.0229. The van der Waals surface area contributed by atoms with Gasteiger partial charge in [-0.05, 0) is 24.5 Å². The summed E-state index contributed by atoms with van der Waals surface area (Å²) in [6, 6.07) is 3.14. The molecule has 0 spiro atoms. The van der Waals surface area contributed by atoms with Gasteiger partial charge in [-0.1, -0.05) is 26.0 Å². The second kappa shape index (κ2) is 6.74. The molecule has 3 amide bonds. The van der Waals surface area contributed by atoms with E-state index in [-0.39, 0.29) is 17.2 Å². The molecule has 0 fully saturated rings. The van der Waals surface area contributed by atoms with Gasteiger partial charge in [0.15, 0.2) is 0 Å². The van der Waals surface area contributed by atoms with Gasteiger partial charge in [0.1, 0.15) is 6.04 Å². The summed E-state index contributed by atoms with van der Waals surface area (Å²) in [4.78, 5) is 34.3. The second-order valence-electron chi connectivity index (χ2n) is 5.03. The molecule has 7 heteroatoms. The number of carboxylic acids is 1. The SMILES string of the molecule is Cc1cccc(C(=O)O)c1NC(=O)NC(C(N)=O)C(C)C. The molecule has 0 aromatic heterocycles. The van der Waals surface area contributed by atoms with Gasteiger partial charge in [0, 0.05) is 0 Å². The van der Waals surface area contributed by atoms with Gasteiger partial charge in [-0.2, -0.15) is 0 Å². The normalized spacial score (nSPS) is 11.8. The molecule has 114 valence electrons. The zero-order valence-electron chi connectivity index (χ0n) is 12.1. The fourth-order valence-electron chi connectivity index (χ4n) is 1.87. The third-order valence-electron chi connectivity index (χ3n) is 3.00. The van der Waals surface area contributed by atoms with E-state index in [1.54, 1.807) is 32.9 Å². The van der Waals surface area contributed by atoms with E-state index in [0.717, 1.165) is 0 Å². The lowest BCUT2D eigenvalue weighted by Crippen LogP contribution is -2.49. The summed E-state index contributed by atoms with van der Waals surface area (Å²) >= 11 is 0. The monoisotopic (exact) mass is 293 g/mol. The minimum Gasteiger partial charge on any atom is -0.478 e. The number of aromatic carboxylic acids is 1. The van der Waals surface area contributed by atoms with Gasteiger partial charge >= 0.3 is 12.0 Å². The molecule has 1 aromatic rings. The Morgan fingerprint density at radius 2 is 1.86 bits per heavy atom. The van der Waals surface area contributed by atoms with Crippen LogP contribution in [0.15, 0.2) is 18.2 Å². The standard InChI is InChI=1S/C14H19N3O4/c1-7(2)10(12(15)18)16-14(21)17-11-8(3)5-4-6-9(11)13(19)20/h4-7,10H,1-3H3,(H2,15,18)(H,19,20)(H2,16,17,21). The lowest BCUT2D eigenvalue weighted by atomic mass is 10.0. The van der Waals surface area contributed by atoms with Crippen molar-refractivity contribution in [3.63, 3.8) is 0 Å². The fraction of sp³-hybridized carbons (Fsp3) is 0.357. The maximum Gasteiger partial charge on any atom is 0.337 e. The Morgan fingerprint density at radius 3 is 2.33 bits per heavy atom. The number of hydrogen-bond donors (Lipinski definition) is 4. The van der Waals surface area contributed by atoms with Crippen LogP contribution in [0.1, 0.15) is 29.8 Å². The van der Waals surface area contributed by atoms with Gasteiger partial charge in [-0.3, -0.25) is 4.79 Å². The second-order valence-corrected chi connectivity index (χ2v) is 5.03. The predicted molar refractivity (Wildman–Crippen MR) is 78.1 cm³/mol. The van der Waals surface area contributed by atoms with Crippen LogP contribution >= 0.6 is 0 Å². The lowest BCUT2D eigenvalue weighted by Gasteiger charge is -2.20. The highest BCUT2D eigenvalue weighted by molar-refractivity contribution is 6.01. The topological polar surface area (TPSA) is 122 Å². The Balaban J connectivity index is 2.94. The molecule has 0 aliphatic carbocycles. The first kappa shape index (κ1) is 16.5. The van der Waals surface area contributed by atoms with Crippen LogP contribution in [0, 0.1) is 12.8 Å². The van der Waals surface area contributed by atoms with Crippen LogP contribution in [0.25, 0.3) is 0 Å². The number of rotatable bonds is 5. The smallest absolute Gasteiger partial charge is 0.337 e. The number of para-hydroxylation sites is 1. The number of nitrogens with one attached hydrogen (secondary N) is 2. The van der Waals surface area contributed by atoms with Crippen molar-refractivity contribution >= 4 is 23.6 Å². The van der Waals surface area contributed by atoms with E-state index in [1.165, 1.54) is 6.07 Å². The largest absolute Gasteiger partial charge is 0.478 e. The Morgan fingerprint density at radius 1 is 1.24 bits per heavy atom. The van der Waals surface area contributed by atoms with Crippen LogP contribution in [-0.2, 0) is 4.79 Å². The van der Waals surface area contributed by atoms with Crippen LogP contribution in [-0.4, -0.2) is 29.1 Å². The van der Waals surface area contributed by atoms with E-state index in [0.29, 0.717) is 5.56 Å². The van der Waals surface area contributed by atoms with Crippen molar-refractivity contribution in [1.82, 2.24) is 5.32 Å². The number of hydrogen-bond acceptors (Lipinski definition) is 3. The van der Waals surface area contributed by atoms with Crippen LogP contribution in [0.2, 0.25) is 0 Å². The van der Waals surface area contributed by atoms with Gasteiger partial charge in [0.25, 0.3) is 0 Å². The maximum atomic E-state index is 11.9. The van der Waals surface area contributed by atoms with E-state index in [9.17, 15) is 14.4 Å². The van der Waals surface area contributed by atoms with Gasteiger partial charge in [0.05, 0.1) is 11.3 Å². The summed E-state index contributed by atoms with van der Waals surface area (Å²) in [5.74, 6) is -1.98. The molecule has 1 aromatic carbocycles. The van der Waals surface area contributed by atoms with Gasteiger partial charge < -0.3 is 21.5 Å². The molecule has 21 heavy (non-hydrogen) atoms. The highest BCUT2D eigenvalue weighted by Crippen LogP contribution is 2.20.